The molecule has 8 nitrogen and oxygen atoms in total. The zero-order valence-electron chi connectivity index (χ0n) is 16.2. The first-order valence-corrected chi connectivity index (χ1v) is 9.93. The van der Waals surface area contributed by atoms with Gasteiger partial charge in [-0.3, -0.25) is 14.9 Å². The van der Waals surface area contributed by atoms with Crippen molar-refractivity contribution in [1.29, 1.82) is 5.26 Å². The van der Waals surface area contributed by atoms with Gasteiger partial charge in [0.15, 0.2) is 11.9 Å². The van der Waals surface area contributed by atoms with E-state index in [2.05, 4.69) is 26.7 Å². The third kappa shape index (κ3) is 3.24. The summed E-state index contributed by atoms with van der Waals surface area (Å²) in [6, 6.07) is 13.0. The van der Waals surface area contributed by atoms with Gasteiger partial charge in [0.05, 0.1) is 24.0 Å². The second-order valence-electron chi connectivity index (χ2n) is 7.61. The largest absolute Gasteiger partial charge is 0.455 e. The van der Waals surface area contributed by atoms with Crippen molar-refractivity contribution in [3.05, 3.63) is 60.6 Å². The molecule has 2 bridgehead atoms. The first-order chi connectivity index (χ1) is 14.7. The second kappa shape index (κ2) is 7.52. The quantitative estimate of drug-likeness (QED) is 0.638. The minimum atomic E-state index is -0.213. The number of likely N-dealkylation sites (tertiary alicyclic amines) is 1. The fourth-order valence-corrected chi connectivity index (χ4v) is 4.42. The van der Waals surface area contributed by atoms with Crippen molar-refractivity contribution < 1.29 is 9.53 Å². The maximum absolute atomic E-state index is 12.8. The molecule has 1 aliphatic carbocycles. The Bertz CT molecular complexity index is 1110. The lowest BCUT2D eigenvalue weighted by Crippen LogP contribution is -2.42. The van der Waals surface area contributed by atoms with E-state index in [4.69, 9.17) is 4.74 Å². The highest BCUT2D eigenvalue weighted by Gasteiger charge is 2.47. The van der Waals surface area contributed by atoms with Crippen molar-refractivity contribution in [3.63, 3.8) is 0 Å². The highest BCUT2D eigenvalue weighted by Crippen LogP contribution is 2.37. The molecule has 2 aromatic heterocycles. The number of rotatable bonds is 5. The maximum Gasteiger partial charge on any atom is 0.269 e. The van der Waals surface area contributed by atoms with Crippen LogP contribution in [0.5, 0.6) is 11.5 Å². The molecule has 8 heteroatoms. The van der Waals surface area contributed by atoms with Gasteiger partial charge in [0, 0.05) is 18.3 Å². The summed E-state index contributed by atoms with van der Waals surface area (Å²) in [4.78, 5) is 18.7. The lowest BCUT2D eigenvalue weighted by atomic mass is 10.1. The van der Waals surface area contributed by atoms with Gasteiger partial charge >= 0.3 is 0 Å². The summed E-state index contributed by atoms with van der Waals surface area (Å²) in [5.74, 6) is 1.36. The number of nitrogens with one attached hydrogen (secondary N) is 2. The highest BCUT2D eigenvalue weighted by atomic mass is 16.5. The highest BCUT2D eigenvalue weighted by molar-refractivity contribution is 5.93. The Morgan fingerprint density at radius 1 is 1.27 bits per heavy atom. The number of carbonyl (C=O) groups is 1. The zero-order chi connectivity index (χ0) is 20.5. The molecule has 0 radical (unpaired) electrons. The molecule has 2 N–H and O–H groups in total. The number of aromatic amines is 1. The van der Waals surface area contributed by atoms with E-state index in [1.807, 2.05) is 30.3 Å². The van der Waals surface area contributed by atoms with Crippen LogP contribution in [0.1, 0.15) is 23.3 Å². The average molecular weight is 400 g/mol. The number of pyridine rings is 1. The minimum absolute atomic E-state index is 0.00167. The molecule has 1 aliphatic heterocycles. The molecule has 2 fully saturated rings. The first-order valence-electron chi connectivity index (χ1n) is 9.93. The van der Waals surface area contributed by atoms with Crippen LogP contribution in [0.4, 0.5) is 0 Å². The van der Waals surface area contributed by atoms with Gasteiger partial charge in [0.1, 0.15) is 11.4 Å². The SMILES string of the molecule is N#CN1CC2CCC1[C@@H]2NC(=O)c1cc(-c2ccncc2Oc2ccccc2)n[nH]1. The van der Waals surface area contributed by atoms with Crippen LogP contribution in [-0.4, -0.2) is 44.6 Å². The van der Waals surface area contributed by atoms with E-state index in [1.165, 1.54) is 0 Å². The van der Waals surface area contributed by atoms with Crippen molar-refractivity contribution >= 4 is 5.91 Å². The predicted octanol–water partition coefficient (Wildman–Crippen LogP) is 2.94. The van der Waals surface area contributed by atoms with Crippen LogP contribution in [0.2, 0.25) is 0 Å². The number of carbonyl (C=O) groups excluding carboxylic acids is 1. The number of benzene rings is 1. The number of hydrogen-bond acceptors (Lipinski definition) is 6. The number of aromatic nitrogens is 3. The normalized spacial score (nSPS) is 22.0. The molecule has 1 saturated carbocycles. The fourth-order valence-electron chi connectivity index (χ4n) is 4.42. The Kier molecular flexibility index (Phi) is 4.56. The smallest absolute Gasteiger partial charge is 0.269 e. The Balaban J connectivity index is 1.34. The number of nitriles is 1. The van der Waals surface area contributed by atoms with E-state index < -0.39 is 0 Å². The van der Waals surface area contributed by atoms with E-state index in [0.29, 0.717) is 28.8 Å². The number of fused-ring (bicyclic) bond motifs is 2. The Hall–Kier alpha value is -3.86. The van der Waals surface area contributed by atoms with E-state index in [9.17, 15) is 10.1 Å². The van der Waals surface area contributed by atoms with E-state index in [-0.39, 0.29) is 18.0 Å². The molecule has 30 heavy (non-hydrogen) atoms. The standard InChI is InChI=1S/C22H20N6O2/c23-13-28-12-14-6-7-19(28)21(14)25-22(29)18-10-17(26-27-18)16-8-9-24-11-20(16)30-15-4-2-1-3-5-15/h1-5,8-11,14,19,21H,6-7,12H2,(H,25,29)(H,26,27)/t14?,19?,21-/m1/s1. The van der Waals surface area contributed by atoms with Gasteiger partial charge in [0.2, 0.25) is 0 Å². The monoisotopic (exact) mass is 400 g/mol. The number of hydrogen-bond donors (Lipinski definition) is 2. The zero-order valence-corrected chi connectivity index (χ0v) is 16.2. The molecular formula is C22H20N6O2. The molecular weight excluding hydrogens is 380 g/mol. The third-order valence-electron chi connectivity index (χ3n) is 5.87. The second-order valence-corrected chi connectivity index (χ2v) is 7.61. The van der Waals surface area contributed by atoms with Gasteiger partial charge in [-0.1, -0.05) is 18.2 Å². The Morgan fingerprint density at radius 3 is 2.93 bits per heavy atom. The molecule has 5 rings (SSSR count). The number of ether oxygens (including phenoxy) is 1. The maximum atomic E-state index is 12.8. The van der Waals surface area contributed by atoms with Crippen LogP contribution in [0, 0.1) is 17.4 Å². The summed E-state index contributed by atoms with van der Waals surface area (Å²) in [6.07, 6.45) is 7.50. The van der Waals surface area contributed by atoms with Crippen molar-refractivity contribution in [2.75, 3.05) is 6.54 Å². The summed E-state index contributed by atoms with van der Waals surface area (Å²) >= 11 is 0. The molecule has 3 atom stereocenters. The molecule has 150 valence electrons. The molecule has 1 saturated heterocycles. The summed E-state index contributed by atoms with van der Waals surface area (Å²) < 4.78 is 5.95. The molecule has 1 amide bonds. The average Bonchev–Trinajstić information content (AvgIpc) is 3.50. The Labute approximate surface area is 173 Å². The fraction of sp³-hybridized carbons (Fsp3) is 0.273. The van der Waals surface area contributed by atoms with E-state index in [0.717, 1.165) is 24.9 Å². The Morgan fingerprint density at radius 2 is 2.13 bits per heavy atom. The molecule has 1 aromatic carbocycles. The molecule has 3 aromatic rings. The van der Waals surface area contributed by atoms with Crippen molar-refractivity contribution in [2.45, 2.75) is 24.9 Å². The van der Waals surface area contributed by atoms with E-state index >= 15 is 0 Å². The summed E-state index contributed by atoms with van der Waals surface area (Å²) in [7, 11) is 0. The third-order valence-corrected chi connectivity index (χ3v) is 5.87. The first kappa shape index (κ1) is 18.2. The molecule has 3 heterocycles. The van der Waals surface area contributed by atoms with Crippen LogP contribution >= 0.6 is 0 Å². The van der Waals surface area contributed by atoms with Gasteiger partial charge in [-0.2, -0.15) is 10.4 Å². The molecule has 0 spiro atoms. The lowest BCUT2D eigenvalue weighted by Gasteiger charge is -2.21. The van der Waals surface area contributed by atoms with Gasteiger partial charge < -0.3 is 15.0 Å². The summed E-state index contributed by atoms with van der Waals surface area (Å²) in [6.45, 7) is 0.720. The van der Waals surface area contributed by atoms with Crippen LogP contribution < -0.4 is 10.1 Å². The van der Waals surface area contributed by atoms with Gasteiger partial charge in [-0.05, 0) is 43.0 Å². The number of para-hydroxylation sites is 1. The van der Waals surface area contributed by atoms with Crippen molar-refractivity contribution in [1.82, 2.24) is 25.4 Å². The van der Waals surface area contributed by atoms with Gasteiger partial charge in [-0.15, -0.1) is 0 Å². The summed E-state index contributed by atoms with van der Waals surface area (Å²) in [5.41, 5.74) is 1.71. The topological polar surface area (TPSA) is 107 Å². The number of nitrogens with zero attached hydrogens (tertiary/aromatic N) is 4. The van der Waals surface area contributed by atoms with Crippen LogP contribution in [-0.2, 0) is 0 Å². The van der Waals surface area contributed by atoms with Crippen LogP contribution in [0.3, 0.4) is 0 Å². The number of H-pyrrole nitrogens is 1. The number of piperidine rings is 1. The lowest BCUT2D eigenvalue weighted by molar-refractivity contribution is 0.0924. The van der Waals surface area contributed by atoms with Gasteiger partial charge in [0.25, 0.3) is 5.91 Å². The summed E-state index contributed by atoms with van der Waals surface area (Å²) in [5, 5.41) is 19.5. The van der Waals surface area contributed by atoms with Crippen LogP contribution in [0.25, 0.3) is 11.3 Å². The predicted molar refractivity (Wildman–Crippen MR) is 108 cm³/mol. The molecule has 2 aliphatic rings. The van der Waals surface area contributed by atoms with Gasteiger partial charge in [-0.25, -0.2) is 0 Å². The molecule has 2 unspecified atom stereocenters. The van der Waals surface area contributed by atoms with Crippen LogP contribution in [0.15, 0.2) is 54.9 Å². The van der Waals surface area contributed by atoms with Crippen molar-refractivity contribution in [3.8, 4) is 28.9 Å². The van der Waals surface area contributed by atoms with E-state index in [1.54, 1.807) is 29.4 Å². The number of amides is 1. The van der Waals surface area contributed by atoms with Crippen molar-refractivity contribution in [2.24, 2.45) is 5.92 Å². The minimum Gasteiger partial charge on any atom is -0.455 e.